The number of aromatic hydroxyl groups is 2. The highest BCUT2D eigenvalue weighted by Gasteiger charge is 2.43. The Morgan fingerprint density at radius 1 is 1.09 bits per heavy atom. The normalized spacial score (nSPS) is 17.4. The van der Waals surface area contributed by atoms with Gasteiger partial charge < -0.3 is 19.7 Å². The van der Waals surface area contributed by atoms with Crippen LogP contribution in [-0.4, -0.2) is 33.2 Å². The van der Waals surface area contributed by atoms with Crippen molar-refractivity contribution >= 4 is 17.1 Å². The second-order valence-corrected chi connectivity index (χ2v) is 10.0. The Bertz CT molecular complexity index is 1290. The van der Waals surface area contributed by atoms with Crippen molar-refractivity contribution in [3.8, 4) is 23.1 Å². The van der Waals surface area contributed by atoms with Crippen molar-refractivity contribution in [1.82, 2.24) is 4.98 Å². The van der Waals surface area contributed by atoms with Crippen LogP contribution in [0.15, 0.2) is 29.1 Å². The Hall–Kier alpha value is -3.26. The van der Waals surface area contributed by atoms with E-state index in [1.165, 1.54) is 0 Å². The van der Waals surface area contributed by atoms with Gasteiger partial charge >= 0.3 is 4.87 Å². The average Bonchev–Trinajstić information content (AvgIpc) is 3.12. The van der Waals surface area contributed by atoms with Crippen LogP contribution < -0.4 is 14.3 Å². The van der Waals surface area contributed by atoms with Gasteiger partial charge in [-0.2, -0.15) is 0 Å². The first kappa shape index (κ1) is 23.9. The number of carbonyl (C=O) groups is 1. The van der Waals surface area contributed by atoms with E-state index in [1.54, 1.807) is 6.92 Å². The zero-order chi connectivity index (χ0) is 24.6. The molecule has 1 aromatic heterocycles. The Kier molecular flexibility index (Phi) is 6.45. The first-order valence-electron chi connectivity index (χ1n) is 11.3. The second-order valence-electron chi connectivity index (χ2n) is 8.96. The van der Waals surface area contributed by atoms with Gasteiger partial charge in [0.25, 0.3) is 0 Å². The lowest BCUT2D eigenvalue weighted by atomic mass is 9.83. The summed E-state index contributed by atoms with van der Waals surface area (Å²) in [6.07, 6.45) is 2.10. The van der Waals surface area contributed by atoms with Crippen molar-refractivity contribution in [2.45, 2.75) is 59.0 Å². The summed E-state index contributed by atoms with van der Waals surface area (Å²) in [7, 11) is 0. The number of H-pyrrole nitrogens is 1. The molecule has 180 valence electrons. The molecule has 0 fully saturated rings. The van der Waals surface area contributed by atoms with Gasteiger partial charge in [0.1, 0.15) is 29.5 Å². The summed E-state index contributed by atoms with van der Waals surface area (Å²) in [5.74, 6) is 1.19. The van der Waals surface area contributed by atoms with Crippen molar-refractivity contribution in [3.05, 3.63) is 66.6 Å². The summed E-state index contributed by atoms with van der Waals surface area (Å²) < 4.78 is 12.6. The highest BCUT2D eigenvalue weighted by molar-refractivity contribution is 7.09. The fourth-order valence-electron chi connectivity index (χ4n) is 4.53. The molecular weight excluding hydrogens is 454 g/mol. The van der Waals surface area contributed by atoms with Gasteiger partial charge in [-0.1, -0.05) is 36.8 Å². The number of phenols is 1. The highest BCUT2D eigenvalue weighted by Crippen LogP contribution is 2.44. The number of ether oxygens (including phenoxy) is 2. The number of ketones is 1. The zero-order valence-corrected chi connectivity index (χ0v) is 20.6. The number of carbonyl (C=O) groups excluding carboxylic acids is 1. The molecular formula is C26H29NO6S. The van der Waals surface area contributed by atoms with Gasteiger partial charge in [-0.05, 0) is 56.0 Å². The standard InChI is InChI=1S/C26H29NO6S/c1-5-10-26(12-19(28)21-16(4)22(29)14(2)15(3)23(21)33-26)13-32-18-8-6-17(7-9-18)11-20-24(30)27-25(31)34-20/h6-9,29-30H,5,10-13H2,1-4H3,(H,27,31). The summed E-state index contributed by atoms with van der Waals surface area (Å²) in [6, 6.07) is 7.43. The number of phenolic OH excluding ortho intramolecular Hbond substituents is 1. The molecule has 3 N–H and O–H groups in total. The van der Waals surface area contributed by atoms with E-state index in [4.69, 9.17) is 9.47 Å². The molecule has 0 aliphatic carbocycles. The molecule has 0 spiro atoms. The fourth-order valence-corrected chi connectivity index (χ4v) is 5.28. The van der Waals surface area contributed by atoms with E-state index in [9.17, 15) is 19.8 Å². The van der Waals surface area contributed by atoms with Crippen LogP contribution in [0.1, 0.15) is 63.7 Å². The average molecular weight is 484 g/mol. The quantitative estimate of drug-likeness (QED) is 0.439. The molecule has 34 heavy (non-hydrogen) atoms. The lowest BCUT2D eigenvalue weighted by Crippen LogP contribution is -2.47. The van der Waals surface area contributed by atoms with E-state index in [-0.39, 0.29) is 35.3 Å². The Morgan fingerprint density at radius 2 is 1.79 bits per heavy atom. The van der Waals surface area contributed by atoms with Crippen molar-refractivity contribution in [2.24, 2.45) is 0 Å². The van der Waals surface area contributed by atoms with Crippen LogP contribution in [0.25, 0.3) is 0 Å². The number of nitrogens with one attached hydrogen (secondary N) is 1. The lowest BCUT2D eigenvalue weighted by Gasteiger charge is -2.39. The largest absolute Gasteiger partial charge is 0.507 e. The molecule has 0 saturated heterocycles. The topological polar surface area (TPSA) is 109 Å². The van der Waals surface area contributed by atoms with Gasteiger partial charge in [0.15, 0.2) is 5.78 Å². The molecule has 1 aliphatic rings. The minimum atomic E-state index is -0.790. The number of aromatic nitrogens is 1. The third-order valence-corrected chi connectivity index (χ3v) is 7.36. The molecule has 1 atom stereocenters. The predicted octanol–water partition coefficient (Wildman–Crippen LogP) is 4.95. The first-order chi connectivity index (χ1) is 16.1. The van der Waals surface area contributed by atoms with Gasteiger partial charge in [-0.25, -0.2) is 0 Å². The summed E-state index contributed by atoms with van der Waals surface area (Å²) >= 11 is 0.989. The van der Waals surface area contributed by atoms with Crippen LogP contribution in [-0.2, 0) is 6.42 Å². The maximum Gasteiger partial charge on any atom is 0.307 e. The van der Waals surface area contributed by atoms with Crippen LogP contribution >= 0.6 is 11.3 Å². The number of fused-ring (bicyclic) bond motifs is 1. The molecule has 1 aliphatic heterocycles. The van der Waals surface area contributed by atoms with Gasteiger partial charge in [-0.15, -0.1) is 0 Å². The molecule has 1 unspecified atom stereocenters. The Morgan fingerprint density at radius 3 is 2.41 bits per heavy atom. The lowest BCUT2D eigenvalue weighted by molar-refractivity contribution is -0.00208. The molecule has 7 nitrogen and oxygen atoms in total. The summed E-state index contributed by atoms with van der Waals surface area (Å²) in [4.78, 5) is 27.2. The van der Waals surface area contributed by atoms with E-state index in [0.717, 1.165) is 28.9 Å². The molecule has 2 heterocycles. The smallest absolute Gasteiger partial charge is 0.307 e. The van der Waals surface area contributed by atoms with Gasteiger partial charge in [0.2, 0.25) is 5.88 Å². The highest BCUT2D eigenvalue weighted by atomic mass is 32.1. The van der Waals surface area contributed by atoms with Crippen LogP contribution in [0.2, 0.25) is 0 Å². The minimum absolute atomic E-state index is 0.0464. The minimum Gasteiger partial charge on any atom is -0.507 e. The number of Topliss-reactive ketones (excluding diaryl/α,β-unsaturated/α-hetero) is 1. The molecule has 2 aromatic carbocycles. The van der Waals surface area contributed by atoms with E-state index >= 15 is 0 Å². The molecule has 0 amide bonds. The van der Waals surface area contributed by atoms with Crippen LogP contribution in [0.3, 0.4) is 0 Å². The summed E-state index contributed by atoms with van der Waals surface area (Å²) in [6.45, 7) is 7.69. The number of thiazole rings is 1. The fraction of sp³-hybridized carbons (Fsp3) is 0.385. The summed E-state index contributed by atoms with van der Waals surface area (Å²) in [5.41, 5.74) is 2.65. The van der Waals surface area contributed by atoms with Crippen molar-refractivity contribution in [3.63, 3.8) is 0 Å². The monoisotopic (exact) mass is 483 g/mol. The molecule has 8 heteroatoms. The molecule has 0 bridgehead atoms. The van der Waals surface area contributed by atoms with Crippen molar-refractivity contribution < 1.29 is 24.5 Å². The predicted molar refractivity (Wildman–Crippen MR) is 131 cm³/mol. The summed E-state index contributed by atoms with van der Waals surface area (Å²) in [5, 5.41) is 20.2. The van der Waals surface area contributed by atoms with E-state index in [1.807, 2.05) is 45.0 Å². The zero-order valence-electron chi connectivity index (χ0n) is 19.8. The first-order valence-corrected chi connectivity index (χ1v) is 12.1. The third-order valence-electron chi connectivity index (χ3n) is 6.49. The van der Waals surface area contributed by atoms with Gasteiger partial charge in [0, 0.05) is 12.0 Å². The SMILES string of the molecule is CCCC1(COc2ccc(Cc3sc(=O)[nH]c3O)cc2)CC(=O)c2c(C)c(O)c(C)c(C)c2O1. The van der Waals surface area contributed by atoms with E-state index < -0.39 is 5.60 Å². The third kappa shape index (κ3) is 4.42. The molecule has 0 saturated carbocycles. The number of rotatable bonds is 7. The number of aromatic amines is 1. The van der Waals surface area contributed by atoms with Crippen LogP contribution in [0.4, 0.5) is 0 Å². The molecule has 0 radical (unpaired) electrons. The molecule has 3 aromatic rings. The number of hydrogen-bond donors (Lipinski definition) is 3. The number of hydrogen-bond acceptors (Lipinski definition) is 7. The molecule has 4 rings (SSSR count). The van der Waals surface area contributed by atoms with Crippen LogP contribution in [0.5, 0.6) is 23.1 Å². The van der Waals surface area contributed by atoms with Crippen molar-refractivity contribution in [2.75, 3.05) is 6.61 Å². The van der Waals surface area contributed by atoms with Gasteiger partial charge in [-0.3, -0.25) is 14.6 Å². The Balaban J connectivity index is 1.53. The van der Waals surface area contributed by atoms with E-state index in [2.05, 4.69) is 4.98 Å². The Labute approximate surface area is 202 Å². The number of benzene rings is 2. The maximum absolute atomic E-state index is 13.2. The van der Waals surface area contributed by atoms with Crippen molar-refractivity contribution in [1.29, 1.82) is 0 Å². The second kappa shape index (κ2) is 9.18. The van der Waals surface area contributed by atoms with E-state index in [0.29, 0.717) is 45.9 Å². The van der Waals surface area contributed by atoms with Gasteiger partial charge in [0.05, 0.1) is 16.9 Å². The van der Waals surface area contributed by atoms with Crippen LogP contribution in [0, 0.1) is 20.8 Å². The maximum atomic E-state index is 13.2.